The maximum absolute atomic E-state index is 6.05. The van der Waals surface area contributed by atoms with E-state index in [4.69, 9.17) is 20.3 Å². The Kier molecular flexibility index (Phi) is 3.98. The van der Waals surface area contributed by atoms with Gasteiger partial charge in [0, 0.05) is 28.4 Å². The Bertz CT molecular complexity index is 1080. The zero-order valence-corrected chi connectivity index (χ0v) is 16.5. The van der Waals surface area contributed by atoms with Crippen molar-refractivity contribution in [1.82, 2.24) is 4.98 Å². The summed E-state index contributed by atoms with van der Waals surface area (Å²) >= 11 is 1.58. The molecule has 0 saturated heterocycles. The van der Waals surface area contributed by atoms with Crippen molar-refractivity contribution < 1.29 is 9.47 Å². The highest BCUT2D eigenvalue weighted by atomic mass is 32.1. The standard InChI is InChI=1S/C21H20N4O2S/c1-12-7-14(3-4-17(12)22)20-16-10-19-18(26-11-27-19)9-15(16)8-13(2)25(24-20)21-23-5-6-28-21/h3-7,9-10,13H,8,11,22H2,1-2H3/t13-/m1/s1. The lowest BCUT2D eigenvalue weighted by molar-refractivity contribution is 0.174. The number of nitrogens with two attached hydrogens (primary N) is 1. The van der Waals surface area contributed by atoms with Gasteiger partial charge in [0.2, 0.25) is 11.9 Å². The monoisotopic (exact) mass is 392 g/mol. The van der Waals surface area contributed by atoms with Gasteiger partial charge in [-0.1, -0.05) is 6.07 Å². The van der Waals surface area contributed by atoms with Crippen LogP contribution in [0.25, 0.3) is 0 Å². The maximum atomic E-state index is 6.05. The fourth-order valence-corrected chi connectivity index (χ4v) is 4.33. The second-order valence-corrected chi connectivity index (χ2v) is 7.97. The lowest BCUT2D eigenvalue weighted by Gasteiger charge is -2.22. The van der Waals surface area contributed by atoms with Crippen molar-refractivity contribution in [1.29, 1.82) is 0 Å². The van der Waals surface area contributed by atoms with Crippen LogP contribution in [0.2, 0.25) is 0 Å². The Morgan fingerprint density at radius 2 is 2.00 bits per heavy atom. The Hall–Kier alpha value is -3.06. The summed E-state index contributed by atoms with van der Waals surface area (Å²) < 4.78 is 11.3. The zero-order chi connectivity index (χ0) is 19.3. The molecule has 7 heteroatoms. The fraction of sp³-hybridized carbons (Fsp3) is 0.238. The zero-order valence-electron chi connectivity index (χ0n) is 15.7. The molecular formula is C21H20N4O2S. The van der Waals surface area contributed by atoms with Crippen LogP contribution in [0.1, 0.15) is 29.2 Å². The van der Waals surface area contributed by atoms with E-state index in [2.05, 4.69) is 24.0 Å². The predicted octanol–water partition coefficient (Wildman–Crippen LogP) is 3.97. The average molecular weight is 392 g/mol. The topological polar surface area (TPSA) is 73.0 Å². The van der Waals surface area contributed by atoms with Crippen molar-refractivity contribution in [2.75, 3.05) is 17.5 Å². The van der Waals surface area contributed by atoms with Crippen LogP contribution < -0.4 is 20.2 Å². The van der Waals surface area contributed by atoms with Gasteiger partial charge in [-0.05, 0) is 55.7 Å². The van der Waals surface area contributed by atoms with Crippen molar-refractivity contribution in [2.24, 2.45) is 5.10 Å². The molecule has 2 N–H and O–H groups in total. The lowest BCUT2D eigenvalue weighted by Crippen LogP contribution is -2.29. The van der Waals surface area contributed by atoms with Gasteiger partial charge in [0.1, 0.15) is 0 Å². The maximum Gasteiger partial charge on any atom is 0.231 e. The van der Waals surface area contributed by atoms with E-state index in [1.54, 1.807) is 11.3 Å². The van der Waals surface area contributed by atoms with Gasteiger partial charge < -0.3 is 15.2 Å². The fourth-order valence-electron chi connectivity index (χ4n) is 3.63. The molecule has 0 fully saturated rings. The number of aryl methyl sites for hydroxylation is 1. The minimum atomic E-state index is 0.151. The minimum absolute atomic E-state index is 0.151. The molecule has 28 heavy (non-hydrogen) atoms. The summed E-state index contributed by atoms with van der Waals surface area (Å²) in [5, 5.41) is 9.93. The molecular weight excluding hydrogens is 372 g/mol. The van der Waals surface area contributed by atoms with E-state index in [1.165, 1.54) is 5.56 Å². The van der Waals surface area contributed by atoms with Crippen LogP contribution in [0, 0.1) is 6.92 Å². The Morgan fingerprint density at radius 1 is 1.18 bits per heavy atom. The molecule has 3 heterocycles. The third kappa shape index (κ3) is 2.79. The molecule has 0 aliphatic carbocycles. The molecule has 2 aromatic carbocycles. The first-order valence-electron chi connectivity index (χ1n) is 9.17. The molecule has 2 aliphatic heterocycles. The summed E-state index contributed by atoms with van der Waals surface area (Å²) in [7, 11) is 0. The summed E-state index contributed by atoms with van der Waals surface area (Å²) in [6.45, 7) is 4.43. The first-order valence-corrected chi connectivity index (χ1v) is 10.0. The van der Waals surface area contributed by atoms with Crippen molar-refractivity contribution >= 4 is 27.9 Å². The van der Waals surface area contributed by atoms with E-state index in [0.29, 0.717) is 0 Å². The highest BCUT2D eigenvalue weighted by Crippen LogP contribution is 2.38. The van der Waals surface area contributed by atoms with Crippen LogP contribution >= 0.6 is 11.3 Å². The van der Waals surface area contributed by atoms with E-state index in [-0.39, 0.29) is 12.8 Å². The Labute approximate surface area is 167 Å². The first kappa shape index (κ1) is 17.1. The number of hydrogen-bond acceptors (Lipinski definition) is 7. The van der Waals surface area contributed by atoms with E-state index in [9.17, 15) is 0 Å². The Morgan fingerprint density at radius 3 is 2.75 bits per heavy atom. The molecule has 5 rings (SSSR count). The molecule has 6 nitrogen and oxygen atoms in total. The molecule has 2 aliphatic rings. The van der Waals surface area contributed by atoms with Crippen LogP contribution in [-0.2, 0) is 6.42 Å². The van der Waals surface area contributed by atoms with Crippen LogP contribution in [0.3, 0.4) is 0 Å². The number of rotatable bonds is 2. The third-order valence-corrected chi connectivity index (χ3v) is 5.91. The second-order valence-electron chi connectivity index (χ2n) is 7.09. The number of hydrazone groups is 1. The number of fused-ring (bicyclic) bond motifs is 2. The van der Waals surface area contributed by atoms with Crippen LogP contribution in [-0.4, -0.2) is 23.5 Å². The van der Waals surface area contributed by atoms with Crippen molar-refractivity contribution in [2.45, 2.75) is 26.3 Å². The van der Waals surface area contributed by atoms with E-state index in [1.807, 2.05) is 41.7 Å². The molecule has 0 radical (unpaired) electrons. The summed E-state index contributed by atoms with van der Waals surface area (Å²) in [6, 6.07) is 10.3. The summed E-state index contributed by atoms with van der Waals surface area (Å²) in [5.74, 6) is 1.55. The van der Waals surface area contributed by atoms with Gasteiger partial charge in [0.25, 0.3) is 0 Å². The lowest BCUT2D eigenvalue weighted by atomic mass is 9.93. The summed E-state index contributed by atoms with van der Waals surface area (Å²) in [5.41, 5.74) is 12.0. The van der Waals surface area contributed by atoms with Gasteiger partial charge in [0.15, 0.2) is 11.5 Å². The number of nitrogens with zero attached hydrogens (tertiary/aromatic N) is 3. The van der Waals surface area contributed by atoms with Crippen LogP contribution in [0.15, 0.2) is 47.0 Å². The smallest absolute Gasteiger partial charge is 0.231 e. The molecule has 0 saturated carbocycles. The largest absolute Gasteiger partial charge is 0.454 e. The molecule has 0 unspecified atom stereocenters. The van der Waals surface area contributed by atoms with Gasteiger partial charge in [-0.2, -0.15) is 5.10 Å². The Balaban J connectivity index is 1.73. The molecule has 1 aromatic heterocycles. The molecule has 0 spiro atoms. The quantitative estimate of drug-likeness (QED) is 0.668. The molecule has 3 aromatic rings. The molecule has 0 bridgehead atoms. The molecule has 1 atom stereocenters. The SMILES string of the molecule is Cc1cc(C2=NN(c3nccs3)[C@H](C)Cc3cc4c(cc32)OCO4)ccc1N. The van der Waals surface area contributed by atoms with Crippen LogP contribution in [0.5, 0.6) is 11.5 Å². The summed E-state index contributed by atoms with van der Waals surface area (Å²) in [4.78, 5) is 4.49. The number of anilines is 2. The number of benzene rings is 2. The van der Waals surface area contributed by atoms with Crippen molar-refractivity contribution in [3.8, 4) is 11.5 Å². The van der Waals surface area contributed by atoms with Gasteiger partial charge in [-0.3, -0.25) is 0 Å². The summed E-state index contributed by atoms with van der Waals surface area (Å²) in [6.07, 6.45) is 2.63. The van der Waals surface area contributed by atoms with Gasteiger partial charge in [0.05, 0.1) is 11.8 Å². The number of nitrogen functional groups attached to an aromatic ring is 1. The van der Waals surface area contributed by atoms with Gasteiger partial charge >= 0.3 is 0 Å². The number of ether oxygens (including phenoxy) is 2. The minimum Gasteiger partial charge on any atom is -0.454 e. The molecule has 142 valence electrons. The number of thiazole rings is 1. The predicted molar refractivity (Wildman–Crippen MR) is 112 cm³/mol. The van der Waals surface area contributed by atoms with Gasteiger partial charge in [-0.25, -0.2) is 9.99 Å². The van der Waals surface area contributed by atoms with E-state index >= 15 is 0 Å². The highest BCUT2D eigenvalue weighted by molar-refractivity contribution is 7.13. The van der Waals surface area contributed by atoms with Crippen molar-refractivity contribution in [3.05, 3.63) is 64.2 Å². The second kappa shape index (κ2) is 6.53. The average Bonchev–Trinajstić information content (AvgIpc) is 3.34. The highest BCUT2D eigenvalue weighted by Gasteiger charge is 2.28. The van der Waals surface area contributed by atoms with Crippen molar-refractivity contribution in [3.63, 3.8) is 0 Å². The number of aromatic nitrogens is 1. The van der Waals surface area contributed by atoms with Gasteiger partial charge in [-0.15, -0.1) is 11.3 Å². The normalized spacial score (nSPS) is 17.9. The number of hydrogen-bond donors (Lipinski definition) is 1. The first-order chi connectivity index (χ1) is 13.6. The van der Waals surface area contributed by atoms with E-state index in [0.717, 1.165) is 51.1 Å². The third-order valence-electron chi connectivity index (χ3n) is 5.15. The molecule has 0 amide bonds. The van der Waals surface area contributed by atoms with E-state index < -0.39 is 0 Å². The van der Waals surface area contributed by atoms with Crippen LogP contribution in [0.4, 0.5) is 10.8 Å².